The second-order valence-electron chi connectivity index (χ2n) is 3.96. The number of hydrogen-bond acceptors (Lipinski definition) is 4. The molecule has 0 N–H and O–H groups in total. The van der Waals surface area contributed by atoms with Gasteiger partial charge in [-0.1, -0.05) is 36.4 Å². The van der Waals surface area contributed by atoms with Gasteiger partial charge in [-0.25, -0.2) is 4.57 Å². The number of hydrogen-bond donors (Lipinski definition) is 0. The van der Waals surface area contributed by atoms with Gasteiger partial charge in [0, 0.05) is 0 Å². The van der Waals surface area contributed by atoms with Crippen molar-refractivity contribution in [3.63, 3.8) is 0 Å². The van der Waals surface area contributed by atoms with Crippen LogP contribution in [-0.4, -0.2) is 19.8 Å². The molecule has 0 saturated carbocycles. The molecule has 106 valence electrons. The summed E-state index contributed by atoms with van der Waals surface area (Å²) in [6.45, 7) is 6.21. The summed E-state index contributed by atoms with van der Waals surface area (Å²) in [7, 11) is -3.42. The van der Waals surface area contributed by atoms with Crippen LogP contribution in [0.5, 0.6) is 0 Å². The summed E-state index contributed by atoms with van der Waals surface area (Å²) in [6, 6.07) is 9.88. The first-order valence-electron chi connectivity index (χ1n) is 6.35. The zero-order valence-electron chi connectivity index (χ0n) is 11.7. The average molecular weight is 284 g/mol. The molecule has 0 amide bonds. The van der Waals surface area contributed by atoms with Gasteiger partial charge >= 0.3 is 7.82 Å². The van der Waals surface area contributed by atoms with Crippen LogP contribution in [0.4, 0.5) is 0 Å². The highest BCUT2D eigenvalue weighted by molar-refractivity contribution is 7.48. The fourth-order valence-corrected chi connectivity index (χ4v) is 2.70. The Hall–Kier alpha value is -0.930. The van der Waals surface area contributed by atoms with Gasteiger partial charge in [-0.3, -0.25) is 13.6 Å². The van der Waals surface area contributed by atoms with E-state index >= 15 is 0 Å². The Morgan fingerprint density at radius 2 is 1.68 bits per heavy atom. The Morgan fingerprint density at radius 1 is 1.11 bits per heavy atom. The minimum atomic E-state index is -3.42. The molecule has 1 rings (SSSR count). The predicted octanol–water partition coefficient (Wildman–Crippen LogP) is 4.29. The maximum Gasteiger partial charge on any atom is 0.475 e. The predicted molar refractivity (Wildman–Crippen MR) is 76.9 cm³/mol. The van der Waals surface area contributed by atoms with Gasteiger partial charge in [-0.05, 0) is 31.9 Å². The van der Waals surface area contributed by atoms with Crippen LogP contribution in [0.1, 0.15) is 26.3 Å². The molecule has 0 saturated heterocycles. The lowest BCUT2D eigenvalue weighted by molar-refractivity contribution is 0.129. The molecule has 5 heteroatoms. The SMILES string of the molecule is CCOP(=O)(OCC)OC/C(C)=C/c1ccccc1. The molecule has 0 aliphatic rings. The molecular weight excluding hydrogens is 263 g/mol. The lowest BCUT2D eigenvalue weighted by atomic mass is 10.1. The molecule has 0 unspecified atom stereocenters. The third-order valence-electron chi connectivity index (χ3n) is 2.24. The summed E-state index contributed by atoms with van der Waals surface area (Å²) in [5.74, 6) is 0. The maximum absolute atomic E-state index is 12.1. The summed E-state index contributed by atoms with van der Waals surface area (Å²) >= 11 is 0. The molecule has 0 bridgehead atoms. The molecule has 0 aliphatic carbocycles. The van der Waals surface area contributed by atoms with Crippen molar-refractivity contribution in [2.24, 2.45) is 0 Å². The van der Waals surface area contributed by atoms with Gasteiger partial charge in [0.2, 0.25) is 0 Å². The van der Waals surface area contributed by atoms with Gasteiger partial charge in [0.1, 0.15) is 0 Å². The monoisotopic (exact) mass is 284 g/mol. The Labute approximate surface area is 115 Å². The smallest absolute Gasteiger partial charge is 0.287 e. The first-order valence-corrected chi connectivity index (χ1v) is 7.81. The minimum Gasteiger partial charge on any atom is -0.287 e. The first kappa shape index (κ1) is 16.1. The quantitative estimate of drug-likeness (QED) is 0.668. The molecule has 19 heavy (non-hydrogen) atoms. The average Bonchev–Trinajstić information content (AvgIpc) is 2.38. The Bertz CT molecular complexity index is 432. The second-order valence-corrected chi connectivity index (χ2v) is 5.63. The van der Waals surface area contributed by atoms with Crippen LogP contribution in [0.25, 0.3) is 6.08 Å². The van der Waals surface area contributed by atoms with Crippen LogP contribution in [0.15, 0.2) is 35.9 Å². The van der Waals surface area contributed by atoms with E-state index < -0.39 is 7.82 Å². The van der Waals surface area contributed by atoms with Gasteiger partial charge < -0.3 is 0 Å². The molecule has 0 aliphatic heterocycles. The van der Waals surface area contributed by atoms with Crippen molar-refractivity contribution < 1.29 is 18.1 Å². The standard InChI is InChI=1S/C14H21O4P/c1-4-16-19(15,17-5-2)18-12-13(3)11-14-9-7-6-8-10-14/h6-11H,4-5,12H2,1-3H3/b13-11+. The highest BCUT2D eigenvalue weighted by atomic mass is 31.2. The van der Waals surface area contributed by atoms with Gasteiger partial charge in [0.25, 0.3) is 0 Å². The van der Waals surface area contributed by atoms with E-state index in [0.29, 0.717) is 13.2 Å². The molecule has 0 fully saturated rings. The summed E-state index contributed by atoms with van der Waals surface area (Å²) in [6.07, 6.45) is 1.97. The number of phosphoric ester groups is 1. The van der Waals surface area contributed by atoms with Crippen LogP contribution in [0.2, 0.25) is 0 Å². The van der Waals surface area contributed by atoms with Gasteiger partial charge in [-0.2, -0.15) is 0 Å². The second kappa shape index (κ2) is 8.28. The van der Waals surface area contributed by atoms with Crippen molar-refractivity contribution >= 4 is 13.9 Å². The summed E-state index contributed by atoms with van der Waals surface area (Å²) < 4.78 is 27.5. The molecule has 0 heterocycles. The van der Waals surface area contributed by atoms with Crippen molar-refractivity contribution in [1.29, 1.82) is 0 Å². The van der Waals surface area contributed by atoms with E-state index in [1.54, 1.807) is 13.8 Å². The maximum atomic E-state index is 12.1. The number of benzene rings is 1. The van der Waals surface area contributed by atoms with Crippen LogP contribution >= 0.6 is 7.82 Å². The summed E-state index contributed by atoms with van der Waals surface area (Å²) in [5, 5.41) is 0. The Balaban J connectivity index is 2.59. The van der Waals surface area contributed by atoms with Gasteiger partial charge in [0.05, 0.1) is 19.8 Å². The third-order valence-corrected chi connectivity index (χ3v) is 3.83. The van der Waals surface area contributed by atoms with E-state index in [1.807, 2.05) is 43.3 Å². The van der Waals surface area contributed by atoms with Crippen molar-refractivity contribution in [3.8, 4) is 0 Å². The van der Waals surface area contributed by atoms with E-state index in [-0.39, 0.29) is 6.61 Å². The molecular formula is C14H21O4P. The third kappa shape index (κ3) is 6.17. The summed E-state index contributed by atoms with van der Waals surface area (Å²) in [4.78, 5) is 0. The van der Waals surface area contributed by atoms with E-state index in [1.165, 1.54) is 0 Å². The lowest BCUT2D eigenvalue weighted by Crippen LogP contribution is -2.02. The van der Waals surface area contributed by atoms with E-state index in [9.17, 15) is 4.57 Å². The van der Waals surface area contributed by atoms with Crippen LogP contribution in [-0.2, 0) is 18.1 Å². The van der Waals surface area contributed by atoms with Gasteiger partial charge in [-0.15, -0.1) is 0 Å². The number of phosphoric acid groups is 1. The van der Waals surface area contributed by atoms with E-state index in [2.05, 4.69) is 0 Å². The lowest BCUT2D eigenvalue weighted by Gasteiger charge is -2.16. The zero-order valence-corrected chi connectivity index (χ0v) is 12.6. The first-order chi connectivity index (χ1) is 9.09. The molecule has 0 spiro atoms. The van der Waals surface area contributed by atoms with Crippen LogP contribution < -0.4 is 0 Å². The van der Waals surface area contributed by atoms with Crippen molar-refractivity contribution in [2.75, 3.05) is 19.8 Å². The minimum absolute atomic E-state index is 0.214. The molecule has 4 nitrogen and oxygen atoms in total. The highest BCUT2D eigenvalue weighted by Crippen LogP contribution is 2.49. The molecule has 1 aromatic carbocycles. The molecule has 0 aromatic heterocycles. The number of rotatable bonds is 8. The van der Waals surface area contributed by atoms with Gasteiger partial charge in [0.15, 0.2) is 0 Å². The van der Waals surface area contributed by atoms with E-state index in [0.717, 1.165) is 11.1 Å². The van der Waals surface area contributed by atoms with E-state index in [4.69, 9.17) is 13.6 Å². The molecule has 0 atom stereocenters. The zero-order chi connectivity index (χ0) is 14.1. The molecule has 1 aromatic rings. The van der Waals surface area contributed by atoms with Crippen LogP contribution in [0, 0.1) is 0 Å². The summed E-state index contributed by atoms with van der Waals surface area (Å²) in [5.41, 5.74) is 2.03. The van der Waals surface area contributed by atoms with Crippen molar-refractivity contribution in [2.45, 2.75) is 20.8 Å². The highest BCUT2D eigenvalue weighted by Gasteiger charge is 2.25. The topological polar surface area (TPSA) is 44.8 Å². The Kier molecular flexibility index (Phi) is 7.03. The van der Waals surface area contributed by atoms with Crippen LogP contribution in [0.3, 0.4) is 0 Å². The fraction of sp³-hybridized carbons (Fsp3) is 0.429. The fourth-order valence-electron chi connectivity index (χ4n) is 1.48. The Morgan fingerprint density at radius 3 is 2.21 bits per heavy atom. The van der Waals surface area contributed by atoms with Crippen molar-refractivity contribution in [1.82, 2.24) is 0 Å². The largest absolute Gasteiger partial charge is 0.475 e. The van der Waals surface area contributed by atoms with Crippen molar-refractivity contribution in [3.05, 3.63) is 41.5 Å². The molecule has 0 radical (unpaired) electrons. The normalized spacial score (nSPS) is 12.7.